The molecule has 1 unspecified atom stereocenters. The molecule has 0 aliphatic rings. The van der Waals surface area contributed by atoms with Crippen LogP contribution in [0.1, 0.15) is 12.5 Å². The van der Waals surface area contributed by atoms with E-state index in [1.807, 2.05) is 0 Å². The van der Waals surface area contributed by atoms with Crippen LogP contribution < -0.4 is 0 Å². The van der Waals surface area contributed by atoms with E-state index in [-0.39, 0.29) is 10.6 Å². The van der Waals surface area contributed by atoms with Gasteiger partial charge >= 0.3 is 6.18 Å². The van der Waals surface area contributed by atoms with Gasteiger partial charge in [0.25, 0.3) is 0 Å². The quantitative estimate of drug-likeness (QED) is 0.824. The molecule has 0 saturated carbocycles. The minimum Gasteiger partial charge on any atom is -0.376 e. The van der Waals surface area contributed by atoms with Crippen molar-refractivity contribution in [2.75, 3.05) is 0 Å². The van der Waals surface area contributed by atoms with Gasteiger partial charge in [0, 0.05) is 10.6 Å². The molecule has 5 heteroatoms. The molecule has 0 fully saturated rings. The summed E-state index contributed by atoms with van der Waals surface area (Å²) in [6.45, 7) is 0.709. The highest BCUT2D eigenvalue weighted by atomic mass is 35.5. The summed E-state index contributed by atoms with van der Waals surface area (Å²) in [5, 5.41) is 10.6. The van der Waals surface area contributed by atoms with Crippen LogP contribution >= 0.6 is 11.6 Å². The standard InChI is InChI=1S/C13H10ClF3O/c1-12(18,13(15,16)17)11-9-5-3-2-4-8(9)6-7-10(11)14/h2-7,18H,1H3. The van der Waals surface area contributed by atoms with Crippen molar-refractivity contribution >= 4 is 22.4 Å². The molecular weight excluding hydrogens is 265 g/mol. The van der Waals surface area contributed by atoms with Gasteiger partial charge in [0.2, 0.25) is 0 Å². The lowest BCUT2D eigenvalue weighted by molar-refractivity contribution is -0.258. The van der Waals surface area contributed by atoms with Crippen LogP contribution in [0.5, 0.6) is 0 Å². The summed E-state index contributed by atoms with van der Waals surface area (Å²) in [7, 11) is 0. The lowest BCUT2D eigenvalue weighted by Crippen LogP contribution is -2.39. The zero-order chi connectivity index (χ0) is 13.6. The molecular formula is C13H10ClF3O. The highest BCUT2D eigenvalue weighted by molar-refractivity contribution is 6.32. The molecule has 0 heterocycles. The number of hydrogen-bond donors (Lipinski definition) is 1. The topological polar surface area (TPSA) is 20.2 Å². The van der Waals surface area contributed by atoms with Crippen molar-refractivity contribution < 1.29 is 18.3 Å². The Kier molecular flexibility index (Phi) is 3.03. The molecule has 0 bridgehead atoms. The lowest BCUT2D eigenvalue weighted by atomic mass is 9.90. The predicted molar refractivity (Wildman–Crippen MR) is 64.6 cm³/mol. The number of fused-ring (bicyclic) bond motifs is 1. The van der Waals surface area contributed by atoms with E-state index >= 15 is 0 Å². The van der Waals surface area contributed by atoms with Crippen LogP contribution in [-0.2, 0) is 5.60 Å². The molecule has 0 amide bonds. The van der Waals surface area contributed by atoms with Crippen molar-refractivity contribution in [3.8, 4) is 0 Å². The Morgan fingerprint density at radius 3 is 2.28 bits per heavy atom. The van der Waals surface area contributed by atoms with Gasteiger partial charge in [0.15, 0.2) is 5.60 Å². The van der Waals surface area contributed by atoms with Crippen molar-refractivity contribution in [1.29, 1.82) is 0 Å². The van der Waals surface area contributed by atoms with Crippen LogP contribution in [0.25, 0.3) is 10.8 Å². The van der Waals surface area contributed by atoms with Crippen LogP contribution in [0.3, 0.4) is 0 Å². The summed E-state index contributed by atoms with van der Waals surface area (Å²) in [5.41, 5.74) is -3.29. The lowest BCUT2D eigenvalue weighted by Gasteiger charge is -2.28. The molecule has 0 aliphatic heterocycles. The van der Waals surface area contributed by atoms with Crippen molar-refractivity contribution in [2.45, 2.75) is 18.7 Å². The van der Waals surface area contributed by atoms with Gasteiger partial charge in [-0.2, -0.15) is 13.2 Å². The van der Waals surface area contributed by atoms with E-state index in [4.69, 9.17) is 11.6 Å². The van der Waals surface area contributed by atoms with Gasteiger partial charge in [-0.15, -0.1) is 0 Å². The zero-order valence-corrected chi connectivity index (χ0v) is 10.2. The second-order valence-electron chi connectivity index (χ2n) is 4.21. The largest absolute Gasteiger partial charge is 0.421 e. The van der Waals surface area contributed by atoms with Crippen molar-refractivity contribution in [3.05, 3.63) is 47.0 Å². The summed E-state index contributed by atoms with van der Waals surface area (Å²) < 4.78 is 38.8. The second kappa shape index (κ2) is 4.14. The van der Waals surface area contributed by atoms with Crippen molar-refractivity contribution in [2.24, 2.45) is 0 Å². The van der Waals surface area contributed by atoms with Crippen LogP contribution in [0.4, 0.5) is 13.2 Å². The smallest absolute Gasteiger partial charge is 0.376 e. The fraction of sp³-hybridized carbons (Fsp3) is 0.231. The SMILES string of the molecule is CC(O)(c1c(Cl)ccc2ccccc12)C(F)(F)F. The minimum absolute atomic E-state index is 0.101. The third-order valence-electron chi connectivity index (χ3n) is 2.92. The Morgan fingerprint density at radius 1 is 1.06 bits per heavy atom. The first kappa shape index (κ1) is 13.2. The van der Waals surface area contributed by atoms with E-state index in [0.717, 1.165) is 0 Å². The minimum atomic E-state index is -4.79. The maximum atomic E-state index is 12.9. The van der Waals surface area contributed by atoms with Gasteiger partial charge in [0.05, 0.1) is 0 Å². The summed E-state index contributed by atoms with van der Waals surface area (Å²) in [4.78, 5) is 0. The first-order chi connectivity index (χ1) is 8.25. The molecule has 0 aromatic heterocycles. The Hall–Kier alpha value is -1.26. The molecule has 1 nitrogen and oxygen atoms in total. The van der Waals surface area contributed by atoms with Gasteiger partial charge in [0.1, 0.15) is 0 Å². The highest BCUT2D eigenvalue weighted by Gasteiger charge is 2.52. The van der Waals surface area contributed by atoms with E-state index in [9.17, 15) is 18.3 Å². The monoisotopic (exact) mass is 274 g/mol. The number of hydrogen-bond acceptors (Lipinski definition) is 1. The summed E-state index contributed by atoms with van der Waals surface area (Å²) >= 11 is 5.83. The highest BCUT2D eigenvalue weighted by Crippen LogP contribution is 2.44. The van der Waals surface area contributed by atoms with Crippen LogP contribution in [0.2, 0.25) is 5.02 Å². The molecule has 2 rings (SSSR count). The predicted octanol–water partition coefficient (Wildman–Crippen LogP) is 4.26. The van der Waals surface area contributed by atoms with Gasteiger partial charge in [-0.05, 0) is 23.8 Å². The zero-order valence-electron chi connectivity index (χ0n) is 9.42. The number of rotatable bonds is 1. The maximum absolute atomic E-state index is 12.9. The van der Waals surface area contributed by atoms with Gasteiger partial charge in [-0.1, -0.05) is 41.9 Å². The first-order valence-corrected chi connectivity index (χ1v) is 5.60. The average Bonchev–Trinajstić information content (AvgIpc) is 2.26. The molecule has 2 aromatic rings. The number of aliphatic hydroxyl groups is 1. The Labute approximate surface area is 107 Å². The van der Waals surface area contributed by atoms with Crippen LogP contribution in [0, 0.1) is 0 Å². The second-order valence-corrected chi connectivity index (χ2v) is 4.62. The van der Waals surface area contributed by atoms with E-state index in [2.05, 4.69) is 0 Å². The van der Waals surface area contributed by atoms with Crippen LogP contribution in [0.15, 0.2) is 36.4 Å². The molecule has 2 aromatic carbocycles. The summed E-state index contributed by atoms with van der Waals surface area (Å²) in [5.74, 6) is 0. The molecule has 96 valence electrons. The van der Waals surface area contributed by atoms with E-state index in [1.165, 1.54) is 12.1 Å². The van der Waals surface area contributed by atoms with Gasteiger partial charge < -0.3 is 5.11 Å². The number of halogens is 4. The molecule has 0 radical (unpaired) electrons. The van der Waals surface area contributed by atoms with Crippen LogP contribution in [-0.4, -0.2) is 11.3 Å². The Morgan fingerprint density at radius 2 is 1.67 bits per heavy atom. The Balaban J connectivity index is 2.82. The molecule has 1 N–H and O–H groups in total. The molecule has 18 heavy (non-hydrogen) atoms. The van der Waals surface area contributed by atoms with E-state index in [0.29, 0.717) is 17.7 Å². The average molecular weight is 275 g/mol. The number of benzene rings is 2. The fourth-order valence-electron chi connectivity index (χ4n) is 1.88. The van der Waals surface area contributed by atoms with Gasteiger partial charge in [-0.3, -0.25) is 0 Å². The number of alkyl halides is 3. The first-order valence-electron chi connectivity index (χ1n) is 5.22. The van der Waals surface area contributed by atoms with E-state index in [1.54, 1.807) is 24.3 Å². The van der Waals surface area contributed by atoms with Crippen molar-refractivity contribution in [3.63, 3.8) is 0 Å². The summed E-state index contributed by atoms with van der Waals surface area (Å²) in [6.07, 6.45) is -4.79. The molecule has 1 atom stereocenters. The van der Waals surface area contributed by atoms with E-state index < -0.39 is 11.8 Å². The fourth-order valence-corrected chi connectivity index (χ4v) is 2.23. The maximum Gasteiger partial charge on any atom is 0.421 e. The third-order valence-corrected chi connectivity index (χ3v) is 3.23. The van der Waals surface area contributed by atoms with Crippen molar-refractivity contribution in [1.82, 2.24) is 0 Å². The normalized spacial score (nSPS) is 15.7. The Bertz CT molecular complexity index is 590. The molecule has 0 aliphatic carbocycles. The summed E-state index contributed by atoms with van der Waals surface area (Å²) in [6, 6.07) is 9.47. The molecule has 0 spiro atoms. The third kappa shape index (κ3) is 1.95. The van der Waals surface area contributed by atoms with Gasteiger partial charge in [-0.25, -0.2) is 0 Å². The molecule has 0 saturated heterocycles.